The van der Waals surface area contributed by atoms with Gasteiger partial charge in [-0.1, -0.05) is 67.1 Å². The topological polar surface area (TPSA) is 48.0 Å². The number of rotatable bonds is 5. The van der Waals surface area contributed by atoms with Crippen LogP contribution in [-0.2, 0) is 4.74 Å². The molecule has 3 unspecified atom stereocenters. The summed E-state index contributed by atoms with van der Waals surface area (Å²) in [5.74, 6) is 1.91. The van der Waals surface area contributed by atoms with Crippen LogP contribution in [0.5, 0.6) is 11.5 Å². The average molecular weight is 510 g/mol. The number of fused-ring (bicyclic) bond motifs is 4. The quantitative estimate of drug-likeness (QED) is 0.365. The highest BCUT2D eigenvalue weighted by molar-refractivity contribution is 5.90. The van der Waals surface area contributed by atoms with Gasteiger partial charge in [0.15, 0.2) is 11.5 Å². The zero-order valence-electron chi connectivity index (χ0n) is 21.8. The summed E-state index contributed by atoms with van der Waals surface area (Å²) in [6.45, 7) is 2.46. The summed E-state index contributed by atoms with van der Waals surface area (Å²) in [5, 5.41) is 0. The predicted molar refractivity (Wildman–Crippen MR) is 146 cm³/mol. The molecule has 5 aliphatic rings. The molecule has 2 aliphatic heterocycles. The zero-order chi connectivity index (χ0) is 25.5. The van der Waals surface area contributed by atoms with Crippen LogP contribution in [0.25, 0.3) is 0 Å². The van der Waals surface area contributed by atoms with Crippen LogP contribution in [0.1, 0.15) is 71.8 Å². The Morgan fingerprint density at radius 3 is 2.05 bits per heavy atom. The van der Waals surface area contributed by atoms with Gasteiger partial charge < -0.3 is 14.2 Å². The molecule has 3 atom stereocenters. The van der Waals surface area contributed by atoms with Crippen molar-refractivity contribution < 1.29 is 19.0 Å². The second kappa shape index (κ2) is 9.77. The minimum absolute atomic E-state index is 0.0238. The van der Waals surface area contributed by atoms with Gasteiger partial charge in [0.05, 0.1) is 5.56 Å². The molecule has 3 saturated carbocycles. The Hall–Kier alpha value is -3.31. The third kappa shape index (κ3) is 4.17. The molecule has 0 amide bonds. The number of carbonyl (C=O) groups excluding carboxylic acids is 1. The van der Waals surface area contributed by atoms with E-state index in [2.05, 4.69) is 65.6 Å². The highest BCUT2D eigenvalue weighted by Crippen LogP contribution is 2.61. The fourth-order valence-electron chi connectivity index (χ4n) is 7.84. The van der Waals surface area contributed by atoms with E-state index in [0.29, 0.717) is 28.9 Å². The standard InChI is InChI=1S/C33H35NO4/c35-32(25-14-15-28-29(18-25)37-22-36-28)38-30-21-33(34-16-8-3-9-17-34)19-26(23-10-4-1-5-11-23)31(30)27(20-33)24-12-6-2-7-13-24/h1-2,4-7,10-15,18,26-27,30-31H,3,8-9,16-17,19-22H2. The smallest absolute Gasteiger partial charge is 0.338 e. The van der Waals surface area contributed by atoms with Gasteiger partial charge in [-0.25, -0.2) is 4.79 Å². The van der Waals surface area contributed by atoms with Gasteiger partial charge in [-0.05, 0) is 79.9 Å². The van der Waals surface area contributed by atoms with E-state index in [1.807, 2.05) is 0 Å². The zero-order valence-corrected chi connectivity index (χ0v) is 21.8. The number of carbonyl (C=O) groups is 1. The Morgan fingerprint density at radius 1 is 0.763 bits per heavy atom. The number of nitrogens with zero attached hydrogens (tertiary/aromatic N) is 1. The molecule has 2 bridgehead atoms. The minimum atomic E-state index is -0.270. The number of hydrogen-bond donors (Lipinski definition) is 0. The van der Waals surface area contributed by atoms with Gasteiger partial charge in [0.1, 0.15) is 6.10 Å². The predicted octanol–water partition coefficient (Wildman–Crippen LogP) is 6.55. The maximum Gasteiger partial charge on any atom is 0.338 e. The number of likely N-dealkylation sites (tertiary alicyclic amines) is 1. The normalized spacial score (nSPS) is 30.2. The van der Waals surface area contributed by atoms with Gasteiger partial charge in [0.2, 0.25) is 6.79 Å². The van der Waals surface area contributed by atoms with Crippen molar-refractivity contribution in [3.05, 3.63) is 95.6 Å². The van der Waals surface area contributed by atoms with Crippen LogP contribution in [0.2, 0.25) is 0 Å². The molecule has 5 nitrogen and oxygen atoms in total. The largest absolute Gasteiger partial charge is 0.458 e. The average Bonchev–Trinajstić information content (AvgIpc) is 3.47. The van der Waals surface area contributed by atoms with Gasteiger partial charge in [0.25, 0.3) is 0 Å². The van der Waals surface area contributed by atoms with E-state index in [9.17, 15) is 4.79 Å². The Labute approximate surface area is 224 Å². The second-order valence-electron chi connectivity index (χ2n) is 11.5. The van der Waals surface area contributed by atoms with Crippen molar-refractivity contribution in [1.82, 2.24) is 4.90 Å². The summed E-state index contributed by atoms with van der Waals surface area (Å²) in [6, 6.07) is 27.2. The molecule has 0 spiro atoms. The lowest BCUT2D eigenvalue weighted by Gasteiger charge is -2.62. The lowest BCUT2D eigenvalue weighted by Crippen LogP contribution is -2.64. The van der Waals surface area contributed by atoms with Gasteiger partial charge in [-0.15, -0.1) is 0 Å². The van der Waals surface area contributed by atoms with Crippen LogP contribution in [0.15, 0.2) is 78.9 Å². The summed E-state index contributed by atoms with van der Waals surface area (Å²) in [6.07, 6.45) is 6.81. The summed E-state index contributed by atoms with van der Waals surface area (Å²) >= 11 is 0. The van der Waals surface area contributed by atoms with Gasteiger partial charge in [0, 0.05) is 17.9 Å². The lowest BCUT2D eigenvalue weighted by atomic mass is 9.51. The van der Waals surface area contributed by atoms with Crippen molar-refractivity contribution in [2.45, 2.75) is 62.0 Å². The maximum atomic E-state index is 13.6. The highest BCUT2D eigenvalue weighted by Gasteiger charge is 2.59. The van der Waals surface area contributed by atoms with Gasteiger partial charge in [-0.3, -0.25) is 4.90 Å². The molecule has 1 saturated heterocycles. The SMILES string of the molecule is O=C(OC1CC2(N3CCCCC3)CC(c3ccccc3)C1C(c1ccccc1)C2)c1ccc2c(c1)OCO2. The third-order valence-corrected chi connectivity index (χ3v) is 9.49. The minimum Gasteiger partial charge on any atom is -0.458 e. The van der Waals surface area contributed by atoms with Crippen LogP contribution in [-0.4, -0.2) is 42.4 Å². The molecule has 8 rings (SSSR count). The summed E-state index contributed by atoms with van der Waals surface area (Å²) in [5.41, 5.74) is 3.28. The van der Waals surface area contributed by atoms with Crippen molar-refractivity contribution >= 4 is 5.97 Å². The molecular formula is C33H35NO4. The Kier molecular flexibility index (Phi) is 6.12. The first-order chi connectivity index (χ1) is 18.7. The van der Waals surface area contributed by atoms with E-state index in [0.717, 1.165) is 32.4 Å². The Bertz CT molecular complexity index is 1240. The first-order valence-corrected chi connectivity index (χ1v) is 14.2. The molecule has 3 aliphatic carbocycles. The first-order valence-electron chi connectivity index (χ1n) is 14.2. The van der Waals surface area contributed by atoms with E-state index < -0.39 is 0 Å². The Morgan fingerprint density at radius 2 is 1.39 bits per heavy atom. The number of esters is 1. The molecule has 0 aromatic heterocycles. The summed E-state index contributed by atoms with van der Waals surface area (Å²) < 4.78 is 17.5. The molecule has 5 heteroatoms. The van der Waals surface area contributed by atoms with Crippen molar-refractivity contribution in [3.63, 3.8) is 0 Å². The third-order valence-electron chi connectivity index (χ3n) is 9.49. The molecule has 2 heterocycles. The molecule has 3 aromatic carbocycles. The van der Waals surface area contributed by atoms with Crippen molar-refractivity contribution in [2.75, 3.05) is 19.9 Å². The lowest BCUT2D eigenvalue weighted by molar-refractivity contribution is -0.115. The molecule has 196 valence electrons. The summed E-state index contributed by atoms with van der Waals surface area (Å²) in [7, 11) is 0. The molecule has 0 radical (unpaired) electrons. The number of piperidine rings is 1. The Balaban J connectivity index is 1.29. The van der Waals surface area contributed by atoms with Crippen molar-refractivity contribution in [1.29, 1.82) is 0 Å². The monoisotopic (exact) mass is 509 g/mol. The molecule has 38 heavy (non-hydrogen) atoms. The molecular weight excluding hydrogens is 474 g/mol. The number of ether oxygens (including phenoxy) is 3. The maximum absolute atomic E-state index is 13.6. The highest BCUT2D eigenvalue weighted by atomic mass is 16.7. The van der Waals surface area contributed by atoms with Gasteiger partial charge in [-0.2, -0.15) is 0 Å². The van der Waals surface area contributed by atoms with E-state index in [-0.39, 0.29) is 30.3 Å². The van der Waals surface area contributed by atoms with Crippen LogP contribution in [0, 0.1) is 5.92 Å². The van der Waals surface area contributed by atoms with Gasteiger partial charge >= 0.3 is 5.97 Å². The van der Waals surface area contributed by atoms with E-state index in [1.165, 1.54) is 30.4 Å². The van der Waals surface area contributed by atoms with E-state index in [4.69, 9.17) is 14.2 Å². The summed E-state index contributed by atoms with van der Waals surface area (Å²) in [4.78, 5) is 16.4. The van der Waals surface area contributed by atoms with Crippen LogP contribution < -0.4 is 9.47 Å². The van der Waals surface area contributed by atoms with Crippen molar-refractivity contribution in [2.24, 2.45) is 5.92 Å². The molecule has 0 N–H and O–H groups in total. The van der Waals surface area contributed by atoms with Crippen LogP contribution in [0.4, 0.5) is 0 Å². The first kappa shape index (κ1) is 23.8. The number of benzene rings is 3. The number of hydrogen-bond acceptors (Lipinski definition) is 5. The van der Waals surface area contributed by atoms with Crippen LogP contribution in [0.3, 0.4) is 0 Å². The molecule has 4 fully saturated rings. The molecule has 3 aromatic rings. The van der Waals surface area contributed by atoms with Crippen molar-refractivity contribution in [3.8, 4) is 11.5 Å². The van der Waals surface area contributed by atoms with E-state index >= 15 is 0 Å². The fourth-order valence-corrected chi connectivity index (χ4v) is 7.84. The van der Waals surface area contributed by atoms with E-state index in [1.54, 1.807) is 18.2 Å². The second-order valence-corrected chi connectivity index (χ2v) is 11.5. The fraction of sp³-hybridized carbons (Fsp3) is 0.424. The van der Waals surface area contributed by atoms with Crippen LogP contribution >= 0.6 is 0 Å².